The van der Waals surface area contributed by atoms with Gasteiger partial charge in [-0.2, -0.15) is 0 Å². The Hall–Kier alpha value is -0.840. The molecule has 0 aliphatic carbocycles. The first-order valence-electron chi connectivity index (χ1n) is 3.13. The molecule has 5 nitrogen and oxygen atoms in total. The fraction of sp³-hybridized carbons (Fsp3) is 1.00. The van der Waals surface area contributed by atoms with Gasteiger partial charge in [-0.3, -0.25) is 0 Å². The molecule has 0 unspecified atom stereocenters. The molecule has 0 aromatic rings. The van der Waals surface area contributed by atoms with Crippen LogP contribution in [0.3, 0.4) is 0 Å². The summed E-state index contributed by atoms with van der Waals surface area (Å²) in [4.78, 5) is 13.7. The van der Waals surface area contributed by atoms with Crippen LogP contribution in [-0.2, 0) is 4.84 Å². The van der Waals surface area contributed by atoms with Crippen molar-refractivity contribution in [2.45, 2.75) is 19.9 Å². The predicted molar refractivity (Wildman–Crippen MR) is 36.1 cm³/mol. The molecule has 0 aliphatic rings. The summed E-state index contributed by atoms with van der Waals surface area (Å²) < 4.78 is 0. The third kappa shape index (κ3) is 7.16. The van der Waals surface area contributed by atoms with E-state index in [1.165, 1.54) is 0 Å². The first kappa shape index (κ1) is 9.16. The van der Waals surface area contributed by atoms with Crippen LogP contribution in [0, 0.1) is 10.1 Å². The molecule has 0 saturated carbocycles. The van der Waals surface area contributed by atoms with Gasteiger partial charge in [-0.05, 0) is 0 Å². The van der Waals surface area contributed by atoms with E-state index in [0.29, 0.717) is 12.6 Å². The molecule has 5 heteroatoms. The maximum Gasteiger partial charge on any atom is 0.294 e. The van der Waals surface area contributed by atoms with E-state index in [1.807, 2.05) is 13.8 Å². The number of hydrogen-bond donors (Lipinski definition) is 1. The molecular weight excluding hydrogens is 136 g/mol. The van der Waals surface area contributed by atoms with Gasteiger partial charge < -0.3 is 10.2 Å². The summed E-state index contributed by atoms with van der Waals surface area (Å²) in [6.07, 6.45) is 0. The summed E-state index contributed by atoms with van der Waals surface area (Å²) >= 11 is 0. The molecule has 0 amide bonds. The van der Waals surface area contributed by atoms with Crippen molar-refractivity contribution in [1.29, 1.82) is 0 Å². The van der Waals surface area contributed by atoms with Crippen molar-refractivity contribution in [2.75, 3.05) is 13.2 Å². The average Bonchev–Trinajstić information content (AvgIpc) is 1.79. The number of hydrogen-bond acceptors (Lipinski definition) is 4. The zero-order valence-corrected chi connectivity index (χ0v) is 6.16. The Kier molecular flexibility index (Phi) is 4.57. The zero-order chi connectivity index (χ0) is 7.98. The number of rotatable bonds is 5. The normalized spacial score (nSPS) is 9.90. The van der Waals surface area contributed by atoms with Crippen LogP contribution in [0.4, 0.5) is 0 Å². The highest BCUT2D eigenvalue weighted by Crippen LogP contribution is 1.76. The van der Waals surface area contributed by atoms with Crippen LogP contribution in [0.5, 0.6) is 0 Å². The molecule has 0 fully saturated rings. The monoisotopic (exact) mass is 148 g/mol. The molecule has 0 saturated heterocycles. The molecule has 0 radical (unpaired) electrons. The molecule has 0 heterocycles. The van der Waals surface area contributed by atoms with E-state index in [1.54, 1.807) is 0 Å². The van der Waals surface area contributed by atoms with Gasteiger partial charge in [0.2, 0.25) is 0 Å². The molecular formula is C5H12N2O3. The van der Waals surface area contributed by atoms with E-state index >= 15 is 0 Å². The van der Waals surface area contributed by atoms with Crippen LogP contribution < -0.4 is 5.32 Å². The van der Waals surface area contributed by atoms with Gasteiger partial charge in [0, 0.05) is 12.6 Å². The maximum atomic E-state index is 9.60. The highest BCUT2D eigenvalue weighted by Gasteiger charge is 1.94. The first-order chi connectivity index (χ1) is 4.63. The fourth-order valence-electron chi connectivity index (χ4n) is 0.468. The van der Waals surface area contributed by atoms with Crippen molar-refractivity contribution < 1.29 is 9.92 Å². The Balaban J connectivity index is 2.98. The third-order valence-electron chi connectivity index (χ3n) is 0.851. The van der Waals surface area contributed by atoms with E-state index in [4.69, 9.17) is 0 Å². The van der Waals surface area contributed by atoms with Crippen molar-refractivity contribution in [2.24, 2.45) is 0 Å². The zero-order valence-electron chi connectivity index (χ0n) is 6.16. The fourth-order valence-corrected chi connectivity index (χ4v) is 0.468. The second-order valence-electron chi connectivity index (χ2n) is 2.17. The van der Waals surface area contributed by atoms with E-state index in [0.717, 1.165) is 0 Å². The van der Waals surface area contributed by atoms with Gasteiger partial charge in [-0.25, -0.2) is 0 Å². The molecule has 0 aromatic heterocycles. The lowest BCUT2D eigenvalue weighted by Crippen LogP contribution is -2.27. The smallest absolute Gasteiger partial charge is 0.294 e. The van der Waals surface area contributed by atoms with Gasteiger partial charge in [-0.15, -0.1) is 10.1 Å². The van der Waals surface area contributed by atoms with Crippen molar-refractivity contribution in [3.05, 3.63) is 10.1 Å². The SMILES string of the molecule is CC(C)NCCO[N+](=O)[O-]. The second-order valence-corrected chi connectivity index (χ2v) is 2.17. The lowest BCUT2D eigenvalue weighted by molar-refractivity contribution is -0.757. The Morgan fingerprint density at radius 1 is 1.70 bits per heavy atom. The van der Waals surface area contributed by atoms with Crippen molar-refractivity contribution in [3.8, 4) is 0 Å². The van der Waals surface area contributed by atoms with E-state index < -0.39 is 5.09 Å². The minimum atomic E-state index is -0.790. The Morgan fingerprint density at radius 2 is 2.30 bits per heavy atom. The highest BCUT2D eigenvalue weighted by molar-refractivity contribution is 4.49. The lowest BCUT2D eigenvalue weighted by Gasteiger charge is -2.05. The van der Waals surface area contributed by atoms with E-state index in [2.05, 4.69) is 10.2 Å². The van der Waals surface area contributed by atoms with Crippen LogP contribution in [0.25, 0.3) is 0 Å². The topological polar surface area (TPSA) is 64.4 Å². The molecule has 0 aliphatic heterocycles. The average molecular weight is 148 g/mol. The van der Waals surface area contributed by atoms with Gasteiger partial charge in [0.1, 0.15) is 6.61 Å². The highest BCUT2D eigenvalue weighted by atomic mass is 16.9. The third-order valence-corrected chi connectivity index (χ3v) is 0.851. The maximum absolute atomic E-state index is 9.60. The molecule has 0 spiro atoms. The number of nitrogens with zero attached hydrogens (tertiary/aromatic N) is 1. The van der Waals surface area contributed by atoms with Crippen LogP contribution in [0.2, 0.25) is 0 Å². The summed E-state index contributed by atoms with van der Waals surface area (Å²) in [5.41, 5.74) is 0. The van der Waals surface area contributed by atoms with Crippen molar-refractivity contribution in [1.82, 2.24) is 5.32 Å². The summed E-state index contributed by atoms with van der Waals surface area (Å²) in [7, 11) is 0. The number of nitrogens with one attached hydrogen (secondary N) is 1. The van der Waals surface area contributed by atoms with E-state index in [9.17, 15) is 10.1 Å². The van der Waals surface area contributed by atoms with Crippen LogP contribution >= 0.6 is 0 Å². The van der Waals surface area contributed by atoms with Crippen LogP contribution in [0.15, 0.2) is 0 Å². The predicted octanol–water partition coefficient (Wildman–Crippen LogP) is 0.193. The minimum Gasteiger partial charge on any atom is -0.313 e. The van der Waals surface area contributed by atoms with E-state index in [-0.39, 0.29) is 6.61 Å². The summed E-state index contributed by atoms with van der Waals surface area (Å²) in [6.45, 7) is 4.56. The molecule has 1 N–H and O–H groups in total. The standard InChI is InChI=1S/C5H12N2O3/c1-5(2)6-3-4-10-7(8)9/h5-6H,3-4H2,1-2H3. The molecule has 0 atom stereocenters. The molecule has 10 heavy (non-hydrogen) atoms. The molecule has 0 aromatic carbocycles. The van der Waals surface area contributed by atoms with Crippen molar-refractivity contribution in [3.63, 3.8) is 0 Å². The second kappa shape index (κ2) is 4.99. The summed E-state index contributed by atoms with van der Waals surface area (Å²) in [5, 5.41) is 11.8. The quantitative estimate of drug-likeness (QED) is 0.343. The Morgan fingerprint density at radius 3 is 2.70 bits per heavy atom. The molecule has 0 bridgehead atoms. The summed E-state index contributed by atoms with van der Waals surface area (Å²) in [5.74, 6) is 0. The molecule has 0 rings (SSSR count). The van der Waals surface area contributed by atoms with Gasteiger partial charge >= 0.3 is 0 Å². The van der Waals surface area contributed by atoms with Gasteiger partial charge in [-0.1, -0.05) is 13.8 Å². The lowest BCUT2D eigenvalue weighted by atomic mass is 10.4. The van der Waals surface area contributed by atoms with Gasteiger partial charge in [0.25, 0.3) is 5.09 Å². The Labute approximate surface area is 59.5 Å². The van der Waals surface area contributed by atoms with Gasteiger partial charge in [0.05, 0.1) is 0 Å². The van der Waals surface area contributed by atoms with Crippen LogP contribution in [-0.4, -0.2) is 24.3 Å². The summed E-state index contributed by atoms with van der Waals surface area (Å²) in [6, 6.07) is 0.343. The molecule has 60 valence electrons. The van der Waals surface area contributed by atoms with Crippen LogP contribution in [0.1, 0.15) is 13.8 Å². The Bertz CT molecular complexity index is 105. The van der Waals surface area contributed by atoms with Crippen molar-refractivity contribution >= 4 is 0 Å². The minimum absolute atomic E-state index is 0.116. The first-order valence-corrected chi connectivity index (χ1v) is 3.13. The van der Waals surface area contributed by atoms with Gasteiger partial charge in [0.15, 0.2) is 0 Å². The largest absolute Gasteiger partial charge is 0.313 e.